The molecule has 1 saturated carbocycles. The Balaban J connectivity index is 1.79. The number of para-hydroxylation sites is 1. The molecule has 0 spiro atoms. The lowest BCUT2D eigenvalue weighted by Crippen LogP contribution is -2.51. The van der Waals surface area contributed by atoms with Gasteiger partial charge in [-0.2, -0.15) is 0 Å². The van der Waals surface area contributed by atoms with Crippen LogP contribution in [0.4, 0.5) is 10.1 Å². The van der Waals surface area contributed by atoms with Crippen molar-refractivity contribution in [2.45, 2.75) is 76.9 Å². The minimum Gasteiger partial charge on any atom is -0.352 e. The number of hydrogen-bond acceptors (Lipinski definition) is 4. The van der Waals surface area contributed by atoms with E-state index in [1.54, 1.807) is 24.3 Å². The van der Waals surface area contributed by atoms with Gasteiger partial charge in [-0.1, -0.05) is 67.6 Å². The Morgan fingerprint density at radius 2 is 1.79 bits per heavy atom. The number of nitrogens with one attached hydrogen (secondary N) is 1. The van der Waals surface area contributed by atoms with Crippen LogP contribution in [0.3, 0.4) is 0 Å². The Morgan fingerprint density at radius 1 is 1.10 bits per heavy atom. The van der Waals surface area contributed by atoms with Crippen molar-refractivity contribution in [2.75, 3.05) is 17.1 Å². The lowest BCUT2D eigenvalue weighted by molar-refractivity contribution is -0.141. The van der Waals surface area contributed by atoms with E-state index in [9.17, 15) is 22.4 Å². The van der Waals surface area contributed by atoms with Crippen molar-refractivity contribution in [1.29, 1.82) is 0 Å². The molecule has 1 aliphatic carbocycles. The maximum absolute atomic E-state index is 14.4. The summed E-state index contributed by atoms with van der Waals surface area (Å²) in [5, 5.41) is 3.96. The second-order valence-electron chi connectivity index (χ2n) is 9.92. The number of rotatable bonds is 12. The summed E-state index contributed by atoms with van der Waals surface area (Å²) in [6, 6.07) is 9.93. The van der Waals surface area contributed by atoms with Crippen molar-refractivity contribution in [3.05, 3.63) is 63.9 Å². The largest absolute Gasteiger partial charge is 0.352 e. The van der Waals surface area contributed by atoms with Crippen molar-refractivity contribution < 1.29 is 22.4 Å². The van der Waals surface area contributed by atoms with Crippen molar-refractivity contribution in [3.8, 4) is 0 Å². The molecule has 1 N–H and O–H groups in total. The number of amides is 2. The van der Waals surface area contributed by atoms with E-state index >= 15 is 0 Å². The Morgan fingerprint density at radius 3 is 2.41 bits per heavy atom. The second-order valence-corrected chi connectivity index (χ2v) is 12.7. The Labute approximate surface area is 240 Å². The van der Waals surface area contributed by atoms with Crippen LogP contribution in [0, 0.1) is 5.82 Å². The van der Waals surface area contributed by atoms with E-state index in [0.29, 0.717) is 22.0 Å². The first-order valence-electron chi connectivity index (χ1n) is 13.3. The quantitative estimate of drug-likeness (QED) is 0.327. The summed E-state index contributed by atoms with van der Waals surface area (Å²) >= 11 is 12.5. The molecule has 0 radical (unpaired) electrons. The molecule has 1 unspecified atom stereocenters. The van der Waals surface area contributed by atoms with Gasteiger partial charge in [0.1, 0.15) is 11.9 Å². The van der Waals surface area contributed by atoms with Gasteiger partial charge in [0, 0.05) is 35.6 Å². The highest BCUT2D eigenvalue weighted by molar-refractivity contribution is 7.92. The van der Waals surface area contributed by atoms with Crippen LogP contribution in [0.15, 0.2) is 42.5 Å². The lowest BCUT2D eigenvalue weighted by atomic mass is 9.95. The van der Waals surface area contributed by atoms with Crippen molar-refractivity contribution >= 4 is 50.7 Å². The monoisotopic (exact) mass is 599 g/mol. The number of hydrogen-bond donors (Lipinski definition) is 1. The van der Waals surface area contributed by atoms with Gasteiger partial charge in [-0.25, -0.2) is 12.8 Å². The zero-order valence-corrected chi connectivity index (χ0v) is 24.7. The maximum Gasteiger partial charge on any atom is 0.243 e. The zero-order chi connectivity index (χ0) is 28.6. The number of benzene rings is 2. The second kappa shape index (κ2) is 14.3. The molecule has 39 heavy (non-hydrogen) atoms. The summed E-state index contributed by atoms with van der Waals surface area (Å²) in [6.07, 6.45) is 6.57. The molecule has 11 heteroatoms. The predicted molar refractivity (Wildman–Crippen MR) is 154 cm³/mol. The molecule has 0 bridgehead atoms. The summed E-state index contributed by atoms with van der Waals surface area (Å²) in [4.78, 5) is 28.5. The SMILES string of the molecule is CCC(C(=O)NC1CCCCC1)N(Cc1ccc(Cl)cc1Cl)C(=O)CCCN(c1ccccc1F)S(C)(=O)=O. The van der Waals surface area contributed by atoms with Crippen LogP contribution < -0.4 is 9.62 Å². The Bertz CT molecular complexity index is 1260. The highest BCUT2D eigenvalue weighted by Crippen LogP contribution is 2.26. The topological polar surface area (TPSA) is 86.8 Å². The predicted octanol–water partition coefficient (Wildman–Crippen LogP) is 5.94. The molecule has 2 amide bonds. The molecule has 0 aliphatic heterocycles. The van der Waals surface area contributed by atoms with E-state index in [2.05, 4.69) is 5.32 Å². The van der Waals surface area contributed by atoms with Crippen molar-refractivity contribution in [2.24, 2.45) is 0 Å². The summed E-state index contributed by atoms with van der Waals surface area (Å²) in [6.45, 7) is 1.85. The molecule has 2 aromatic rings. The van der Waals surface area contributed by atoms with Crippen LogP contribution in [0.5, 0.6) is 0 Å². The van der Waals surface area contributed by atoms with E-state index in [4.69, 9.17) is 23.2 Å². The number of carbonyl (C=O) groups is 2. The molecule has 0 saturated heterocycles. The van der Waals surface area contributed by atoms with E-state index in [1.807, 2.05) is 6.92 Å². The van der Waals surface area contributed by atoms with Gasteiger partial charge >= 0.3 is 0 Å². The van der Waals surface area contributed by atoms with Crippen LogP contribution in [0.1, 0.15) is 63.9 Å². The molecular formula is C28H36Cl2FN3O4S. The fourth-order valence-electron chi connectivity index (χ4n) is 4.93. The molecule has 214 valence electrons. The molecular weight excluding hydrogens is 564 g/mol. The first kappa shape index (κ1) is 31.2. The Kier molecular flexibility index (Phi) is 11.4. The number of anilines is 1. The third-order valence-corrected chi connectivity index (χ3v) is 8.73. The van der Waals surface area contributed by atoms with Crippen LogP contribution in [-0.2, 0) is 26.2 Å². The average molecular weight is 601 g/mol. The highest BCUT2D eigenvalue weighted by Gasteiger charge is 2.31. The van der Waals surface area contributed by atoms with E-state index in [1.165, 1.54) is 23.1 Å². The van der Waals surface area contributed by atoms with Gasteiger partial charge in [-0.3, -0.25) is 13.9 Å². The van der Waals surface area contributed by atoms with Crippen molar-refractivity contribution in [1.82, 2.24) is 10.2 Å². The normalized spacial score (nSPS) is 15.0. The van der Waals surface area contributed by atoms with Crippen molar-refractivity contribution in [3.63, 3.8) is 0 Å². The van der Waals surface area contributed by atoms with Gasteiger partial charge in [0.05, 0.1) is 11.9 Å². The number of nitrogens with zero attached hydrogens (tertiary/aromatic N) is 2. The van der Waals surface area contributed by atoms with Crippen LogP contribution in [-0.4, -0.2) is 50.0 Å². The van der Waals surface area contributed by atoms with Crippen LogP contribution in [0.2, 0.25) is 10.0 Å². The molecule has 0 heterocycles. The Hall–Kier alpha value is -2.36. The number of halogens is 3. The molecule has 1 aliphatic rings. The van der Waals surface area contributed by atoms with Gasteiger partial charge in [-0.15, -0.1) is 0 Å². The van der Waals surface area contributed by atoms with E-state index < -0.39 is 21.9 Å². The standard InChI is InChI=1S/C28H36Cl2FN3O4S/c1-3-25(28(36)32-22-10-5-4-6-11-22)33(19-20-15-16-21(29)18-23(20)30)27(35)14-9-17-34(39(2,37)38)26-13-8-7-12-24(26)31/h7-8,12-13,15-16,18,22,25H,3-6,9-11,14,17,19H2,1-2H3,(H,32,36). The van der Waals surface area contributed by atoms with E-state index in [0.717, 1.165) is 42.7 Å². The molecule has 3 rings (SSSR count). The average Bonchev–Trinajstić information content (AvgIpc) is 2.88. The van der Waals surface area contributed by atoms with Gasteiger partial charge < -0.3 is 10.2 Å². The minimum atomic E-state index is -3.79. The molecule has 1 atom stereocenters. The number of carbonyl (C=O) groups excluding carboxylic acids is 2. The van der Waals surface area contributed by atoms with Gasteiger partial charge in [0.15, 0.2) is 0 Å². The number of sulfonamides is 1. The summed E-state index contributed by atoms with van der Waals surface area (Å²) in [5.74, 6) is -1.21. The first-order chi connectivity index (χ1) is 18.5. The van der Waals surface area contributed by atoms with Crippen LogP contribution >= 0.6 is 23.2 Å². The maximum atomic E-state index is 14.4. The third kappa shape index (κ3) is 8.82. The molecule has 1 fully saturated rings. The smallest absolute Gasteiger partial charge is 0.243 e. The fourth-order valence-corrected chi connectivity index (χ4v) is 6.37. The van der Waals surface area contributed by atoms with Gasteiger partial charge in [0.2, 0.25) is 21.8 Å². The summed E-state index contributed by atoms with van der Waals surface area (Å²) < 4.78 is 40.2. The molecule has 7 nitrogen and oxygen atoms in total. The van der Waals surface area contributed by atoms with E-state index in [-0.39, 0.29) is 49.5 Å². The third-order valence-electron chi connectivity index (χ3n) is 6.97. The zero-order valence-electron chi connectivity index (χ0n) is 22.3. The summed E-state index contributed by atoms with van der Waals surface area (Å²) in [7, 11) is -3.79. The minimum absolute atomic E-state index is 0.0428. The summed E-state index contributed by atoms with van der Waals surface area (Å²) in [5.41, 5.74) is 0.568. The highest BCUT2D eigenvalue weighted by atomic mass is 35.5. The lowest BCUT2D eigenvalue weighted by Gasteiger charge is -2.33. The van der Waals surface area contributed by atoms with Gasteiger partial charge in [0.25, 0.3) is 0 Å². The van der Waals surface area contributed by atoms with Crippen LogP contribution in [0.25, 0.3) is 0 Å². The molecule has 0 aromatic heterocycles. The molecule has 2 aromatic carbocycles. The fraction of sp³-hybridized carbons (Fsp3) is 0.500. The first-order valence-corrected chi connectivity index (χ1v) is 15.9. The van der Waals surface area contributed by atoms with Gasteiger partial charge in [-0.05, 0) is 55.5 Å².